The Hall–Kier alpha value is -2.45. The molecule has 0 saturated carbocycles. The standard InChI is InChI=1S/C14H9F2NO2/c15-11-2-1-3-13(14(11)16)19-12-5-4-9(8-18)6-10(12)7-17/h1-6,18H,8H2. The second-order valence-corrected chi connectivity index (χ2v) is 3.75. The van der Waals surface area contributed by atoms with E-state index in [4.69, 9.17) is 15.1 Å². The van der Waals surface area contributed by atoms with Gasteiger partial charge in [-0.1, -0.05) is 12.1 Å². The van der Waals surface area contributed by atoms with Crippen molar-refractivity contribution >= 4 is 0 Å². The Morgan fingerprint density at radius 2 is 1.95 bits per heavy atom. The first kappa shape index (κ1) is 13.0. The van der Waals surface area contributed by atoms with Crippen molar-refractivity contribution in [3.05, 3.63) is 59.2 Å². The zero-order valence-electron chi connectivity index (χ0n) is 9.73. The van der Waals surface area contributed by atoms with Crippen molar-refractivity contribution in [1.29, 1.82) is 5.26 Å². The molecule has 2 rings (SSSR count). The summed E-state index contributed by atoms with van der Waals surface area (Å²) in [5.74, 6) is -2.34. The van der Waals surface area contributed by atoms with Gasteiger partial charge < -0.3 is 9.84 Å². The van der Waals surface area contributed by atoms with Crippen molar-refractivity contribution in [1.82, 2.24) is 0 Å². The third kappa shape index (κ3) is 2.69. The molecule has 0 amide bonds. The van der Waals surface area contributed by atoms with Crippen molar-refractivity contribution < 1.29 is 18.6 Å². The predicted octanol–water partition coefficient (Wildman–Crippen LogP) is 3.12. The minimum Gasteiger partial charge on any atom is -0.453 e. The summed E-state index contributed by atoms with van der Waals surface area (Å²) >= 11 is 0. The largest absolute Gasteiger partial charge is 0.453 e. The molecule has 0 aliphatic carbocycles. The Kier molecular flexibility index (Phi) is 3.74. The van der Waals surface area contributed by atoms with Crippen LogP contribution in [0.5, 0.6) is 11.5 Å². The van der Waals surface area contributed by atoms with Crippen molar-refractivity contribution in [2.75, 3.05) is 0 Å². The quantitative estimate of drug-likeness (QED) is 0.923. The zero-order valence-corrected chi connectivity index (χ0v) is 9.73. The molecule has 0 unspecified atom stereocenters. The van der Waals surface area contributed by atoms with E-state index in [1.54, 1.807) is 0 Å². The molecule has 96 valence electrons. The third-order valence-corrected chi connectivity index (χ3v) is 2.48. The van der Waals surface area contributed by atoms with Crippen LogP contribution in [0.1, 0.15) is 11.1 Å². The molecule has 0 spiro atoms. The van der Waals surface area contributed by atoms with Crippen molar-refractivity contribution in [2.45, 2.75) is 6.61 Å². The van der Waals surface area contributed by atoms with Crippen molar-refractivity contribution in [2.24, 2.45) is 0 Å². The molecule has 5 heteroatoms. The Bertz CT molecular complexity index is 650. The summed E-state index contributed by atoms with van der Waals surface area (Å²) in [7, 11) is 0. The Labute approximate surface area is 108 Å². The van der Waals surface area contributed by atoms with E-state index in [1.807, 2.05) is 6.07 Å². The number of rotatable bonds is 3. The van der Waals surface area contributed by atoms with Gasteiger partial charge in [-0.3, -0.25) is 0 Å². The lowest BCUT2D eigenvalue weighted by Crippen LogP contribution is -1.94. The van der Waals surface area contributed by atoms with Crippen LogP contribution in [0.25, 0.3) is 0 Å². The molecule has 0 atom stereocenters. The van der Waals surface area contributed by atoms with E-state index in [0.29, 0.717) is 5.56 Å². The van der Waals surface area contributed by atoms with Gasteiger partial charge in [0.25, 0.3) is 0 Å². The lowest BCUT2D eigenvalue weighted by atomic mass is 10.1. The van der Waals surface area contributed by atoms with Crippen LogP contribution < -0.4 is 4.74 Å². The molecule has 2 aromatic carbocycles. The van der Waals surface area contributed by atoms with Crippen LogP contribution in [0.15, 0.2) is 36.4 Å². The molecule has 0 bridgehead atoms. The van der Waals surface area contributed by atoms with Gasteiger partial charge in [0, 0.05) is 0 Å². The second kappa shape index (κ2) is 5.46. The molecule has 0 radical (unpaired) electrons. The summed E-state index contributed by atoms with van der Waals surface area (Å²) in [6.45, 7) is -0.219. The molecule has 0 aliphatic heterocycles. The SMILES string of the molecule is N#Cc1cc(CO)ccc1Oc1cccc(F)c1F. The average Bonchev–Trinajstić information content (AvgIpc) is 2.44. The first-order valence-corrected chi connectivity index (χ1v) is 5.41. The minimum atomic E-state index is -1.11. The number of aliphatic hydroxyl groups is 1. The molecular weight excluding hydrogens is 252 g/mol. The fourth-order valence-electron chi connectivity index (χ4n) is 1.53. The summed E-state index contributed by atoms with van der Waals surface area (Å²) in [6, 6.07) is 9.80. The summed E-state index contributed by atoms with van der Waals surface area (Å²) in [5, 5.41) is 17.9. The van der Waals surface area contributed by atoms with Crippen LogP contribution in [0.3, 0.4) is 0 Å². The highest BCUT2D eigenvalue weighted by Crippen LogP contribution is 2.28. The van der Waals surface area contributed by atoms with E-state index in [0.717, 1.165) is 6.07 Å². The number of ether oxygens (including phenoxy) is 1. The number of nitriles is 1. The van der Waals surface area contributed by atoms with E-state index in [9.17, 15) is 8.78 Å². The van der Waals surface area contributed by atoms with Gasteiger partial charge in [0.05, 0.1) is 12.2 Å². The molecule has 0 aromatic heterocycles. The maximum Gasteiger partial charge on any atom is 0.201 e. The fourth-order valence-corrected chi connectivity index (χ4v) is 1.53. The smallest absolute Gasteiger partial charge is 0.201 e. The van der Waals surface area contributed by atoms with E-state index < -0.39 is 11.6 Å². The molecule has 19 heavy (non-hydrogen) atoms. The Morgan fingerprint density at radius 3 is 2.63 bits per heavy atom. The third-order valence-electron chi connectivity index (χ3n) is 2.48. The van der Waals surface area contributed by atoms with E-state index in [-0.39, 0.29) is 23.7 Å². The fraction of sp³-hybridized carbons (Fsp3) is 0.0714. The summed E-state index contributed by atoms with van der Waals surface area (Å²) in [5.41, 5.74) is 0.666. The van der Waals surface area contributed by atoms with E-state index >= 15 is 0 Å². The monoisotopic (exact) mass is 261 g/mol. The van der Waals surface area contributed by atoms with Gasteiger partial charge in [-0.15, -0.1) is 0 Å². The number of hydrogen-bond donors (Lipinski definition) is 1. The van der Waals surface area contributed by atoms with Gasteiger partial charge >= 0.3 is 0 Å². The topological polar surface area (TPSA) is 53.2 Å². The van der Waals surface area contributed by atoms with Gasteiger partial charge in [0.15, 0.2) is 11.6 Å². The molecule has 0 heterocycles. The predicted molar refractivity (Wildman–Crippen MR) is 63.5 cm³/mol. The second-order valence-electron chi connectivity index (χ2n) is 3.75. The summed E-state index contributed by atoms with van der Waals surface area (Å²) < 4.78 is 31.7. The van der Waals surface area contributed by atoms with Crippen molar-refractivity contribution in [3.63, 3.8) is 0 Å². The number of halogens is 2. The number of nitrogens with zero attached hydrogens (tertiary/aromatic N) is 1. The molecular formula is C14H9F2NO2. The lowest BCUT2D eigenvalue weighted by Gasteiger charge is -2.09. The first-order chi connectivity index (χ1) is 9.15. The van der Waals surface area contributed by atoms with Crippen LogP contribution in [-0.2, 0) is 6.61 Å². The lowest BCUT2D eigenvalue weighted by molar-refractivity contribution is 0.281. The Morgan fingerprint density at radius 1 is 1.16 bits per heavy atom. The maximum absolute atomic E-state index is 13.4. The van der Waals surface area contributed by atoms with Crippen LogP contribution in [0.2, 0.25) is 0 Å². The molecule has 0 aliphatic rings. The van der Waals surface area contributed by atoms with Gasteiger partial charge in [0.1, 0.15) is 11.8 Å². The summed E-state index contributed by atoms with van der Waals surface area (Å²) in [4.78, 5) is 0. The maximum atomic E-state index is 13.4. The van der Waals surface area contributed by atoms with Crippen LogP contribution in [0.4, 0.5) is 8.78 Å². The summed E-state index contributed by atoms with van der Waals surface area (Å²) in [6.07, 6.45) is 0. The molecule has 0 saturated heterocycles. The molecule has 3 nitrogen and oxygen atoms in total. The Balaban J connectivity index is 2.39. The minimum absolute atomic E-state index is 0.101. The van der Waals surface area contributed by atoms with E-state index in [1.165, 1.54) is 30.3 Å². The number of benzene rings is 2. The highest BCUT2D eigenvalue weighted by Gasteiger charge is 2.12. The molecule has 2 aromatic rings. The normalized spacial score (nSPS) is 10.0. The highest BCUT2D eigenvalue weighted by molar-refractivity contribution is 5.47. The van der Waals surface area contributed by atoms with Gasteiger partial charge in [0.2, 0.25) is 5.82 Å². The van der Waals surface area contributed by atoms with Crippen molar-refractivity contribution in [3.8, 4) is 17.6 Å². The first-order valence-electron chi connectivity index (χ1n) is 5.41. The van der Waals surface area contributed by atoms with Crippen LogP contribution >= 0.6 is 0 Å². The molecule has 0 fully saturated rings. The molecule has 1 N–H and O–H groups in total. The number of hydrogen-bond acceptors (Lipinski definition) is 3. The van der Waals surface area contributed by atoms with Crippen LogP contribution in [-0.4, -0.2) is 5.11 Å². The number of aliphatic hydroxyl groups excluding tert-OH is 1. The highest BCUT2D eigenvalue weighted by atomic mass is 19.2. The average molecular weight is 261 g/mol. The van der Waals surface area contributed by atoms with Gasteiger partial charge in [-0.25, -0.2) is 4.39 Å². The van der Waals surface area contributed by atoms with Gasteiger partial charge in [-0.2, -0.15) is 9.65 Å². The van der Waals surface area contributed by atoms with Crippen LogP contribution in [0, 0.1) is 23.0 Å². The van der Waals surface area contributed by atoms with E-state index in [2.05, 4.69) is 0 Å². The van der Waals surface area contributed by atoms with Gasteiger partial charge in [-0.05, 0) is 29.8 Å². The zero-order chi connectivity index (χ0) is 13.8.